The molecule has 1 heterocycles. The van der Waals surface area contributed by atoms with Crippen LogP contribution in [0.4, 0.5) is 5.13 Å². The van der Waals surface area contributed by atoms with E-state index in [1.807, 2.05) is 6.07 Å². The monoisotopic (exact) mass is 479 g/mol. The van der Waals surface area contributed by atoms with Crippen molar-refractivity contribution < 1.29 is 18.0 Å². The molecule has 4 aromatic rings. The number of anilines is 1. The van der Waals surface area contributed by atoms with Gasteiger partial charge in [-0.15, -0.1) is 0 Å². The molecule has 4 rings (SSSR count). The largest absolute Gasteiger partial charge is 0.298 e. The van der Waals surface area contributed by atoms with Crippen LogP contribution in [0.3, 0.4) is 0 Å². The van der Waals surface area contributed by atoms with Crippen LogP contribution in [-0.4, -0.2) is 43.0 Å². The summed E-state index contributed by atoms with van der Waals surface area (Å²) in [6.07, 6.45) is 0. The maximum absolute atomic E-state index is 13.0. The summed E-state index contributed by atoms with van der Waals surface area (Å²) >= 11 is 1.17. The van der Waals surface area contributed by atoms with Gasteiger partial charge in [0.1, 0.15) is 0 Å². The summed E-state index contributed by atoms with van der Waals surface area (Å²) in [7, 11) is -2.07. The molecule has 168 valence electrons. The maximum Gasteiger partial charge on any atom is 0.258 e. The molecule has 0 aliphatic carbocycles. The van der Waals surface area contributed by atoms with Gasteiger partial charge in [0.2, 0.25) is 10.0 Å². The second kappa shape index (κ2) is 9.22. The van der Waals surface area contributed by atoms with Gasteiger partial charge in [0, 0.05) is 24.7 Å². The molecule has 0 spiro atoms. The van der Waals surface area contributed by atoms with Crippen LogP contribution in [0.1, 0.15) is 33.2 Å². The van der Waals surface area contributed by atoms with Crippen LogP contribution in [0.5, 0.6) is 0 Å². The molecule has 0 radical (unpaired) electrons. The number of carbonyl (C=O) groups is 2. The molecule has 0 aliphatic heterocycles. The van der Waals surface area contributed by atoms with E-state index in [0.29, 0.717) is 33.0 Å². The highest BCUT2D eigenvalue weighted by molar-refractivity contribution is 7.89. The molecule has 0 saturated heterocycles. The molecule has 1 aromatic heterocycles. The molecule has 1 N–H and O–H groups in total. The summed E-state index contributed by atoms with van der Waals surface area (Å²) in [6.45, 7) is 2.11. The Bertz CT molecular complexity index is 1450. The summed E-state index contributed by atoms with van der Waals surface area (Å²) in [5.74, 6) is -0.715. The predicted octanol–water partition coefficient (Wildman–Crippen LogP) is 4.42. The van der Waals surface area contributed by atoms with E-state index >= 15 is 0 Å². The first-order chi connectivity index (χ1) is 15.8. The standard InChI is InChI=1S/C24H21N3O4S2/c1-3-27(2)33(30,31)17-13-14-20-21(15-17)32-24(25-20)26-23(29)19-12-8-7-11-18(19)22(28)16-9-5-4-6-10-16/h4-15H,3H2,1-2H3,(H,25,26,29). The first-order valence-corrected chi connectivity index (χ1v) is 12.4. The Morgan fingerprint density at radius 1 is 0.970 bits per heavy atom. The SMILES string of the molecule is CCN(C)S(=O)(=O)c1ccc2nc(NC(=O)c3ccccc3C(=O)c3ccccc3)sc2c1. The number of hydrogen-bond acceptors (Lipinski definition) is 6. The van der Waals surface area contributed by atoms with Crippen LogP contribution in [0, 0.1) is 0 Å². The van der Waals surface area contributed by atoms with Crippen molar-refractivity contribution in [2.75, 3.05) is 18.9 Å². The third-order valence-corrected chi connectivity index (χ3v) is 8.05. The van der Waals surface area contributed by atoms with Gasteiger partial charge in [-0.2, -0.15) is 0 Å². The van der Waals surface area contributed by atoms with Crippen molar-refractivity contribution in [3.63, 3.8) is 0 Å². The van der Waals surface area contributed by atoms with E-state index in [9.17, 15) is 18.0 Å². The van der Waals surface area contributed by atoms with E-state index in [4.69, 9.17) is 0 Å². The number of sulfonamides is 1. The minimum absolute atomic E-state index is 0.166. The predicted molar refractivity (Wildman–Crippen MR) is 129 cm³/mol. The fourth-order valence-corrected chi connectivity index (χ4v) is 5.44. The molecule has 0 saturated carbocycles. The number of amides is 1. The van der Waals surface area contributed by atoms with Crippen LogP contribution in [-0.2, 0) is 10.0 Å². The zero-order valence-corrected chi connectivity index (χ0v) is 19.6. The van der Waals surface area contributed by atoms with E-state index < -0.39 is 15.9 Å². The normalized spacial score (nSPS) is 11.6. The molecular formula is C24H21N3O4S2. The number of aromatic nitrogens is 1. The Labute approximate surface area is 195 Å². The Kier molecular flexibility index (Phi) is 6.37. The van der Waals surface area contributed by atoms with Gasteiger partial charge in [0.15, 0.2) is 10.9 Å². The quantitative estimate of drug-likeness (QED) is 0.396. The fourth-order valence-electron chi connectivity index (χ4n) is 3.26. The molecule has 33 heavy (non-hydrogen) atoms. The number of hydrogen-bond donors (Lipinski definition) is 1. The van der Waals surface area contributed by atoms with Crippen LogP contribution in [0.15, 0.2) is 77.7 Å². The number of nitrogens with one attached hydrogen (secondary N) is 1. The topological polar surface area (TPSA) is 96.4 Å². The molecule has 0 atom stereocenters. The number of thiazole rings is 1. The summed E-state index contributed by atoms with van der Waals surface area (Å²) in [5.41, 5.74) is 1.59. The fraction of sp³-hybridized carbons (Fsp3) is 0.125. The number of carbonyl (C=O) groups excluding carboxylic acids is 2. The van der Waals surface area contributed by atoms with E-state index in [1.54, 1.807) is 67.6 Å². The highest BCUT2D eigenvalue weighted by Crippen LogP contribution is 2.29. The molecule has 0 aliphatic rings. The maximum atomic E-state index is 13.0. The van der Waals surface area contributed by atoms with Crippen molar-refractivity contribution in [3.05, 3.63) is 89.5 Å². The lowest BCUT2D eigenvalue weighted by Gasteiger charge is -2.14. The van der Waals surface area contributed by atoms with Gasteiger partial charge in [0.05, 0.1) is 20.7 Å². The molecule has 3 aromatic carbocycles. The number of fused-ring (bicyclic) bond motifs is 1. The van der Waals surface area contributed by atoms with Gasteiger partial charge < -0.3 is 0 Å². The highest BCUT2D eigenvalue weighted by atomic mass is 32.2. The van der Waals surface area contributed by atoms with Crippen molar-refractivity contribution in [1.29, 1.82) is 0 Å². The highest BCUT2D eigenvalue weighted by Gasteiger charge is 2.22. The Hall–Kier alpha value is -3.40. The van der Waals surface area contributed by atoms with Gasteiger partial charge in [-0.3, -0.25) is 14.9 Å². The lowest BCUT2D eigenvalue weighted by atomic mass is 9.98. The summed E-state index contributed by atoms with van der Waals surface area (Å²) in [4.78, 5) is 30.5. The molecule has 9 heteroatoms. The van der Waals surface area contributed by atoms with Crippen LogP contribution < -0.4 is 5.32 Å². The molecule has 1 amide bonds. The van der Waals surface area contributed by atoms with Crippen molar-refractivity contribution in [3.8, 4) is 0 Å². The second-order valence-electron chi connectivity index (χ2n) is 7.26. The third-order valence-electron chi connectivity index (χ3n) is 5.19. The zero-order chi connectivity index (χ0) is 23.6. The minimum atomic E-state index is -3.59. The number of ketones is 1. The average molecular weight is 480 g/mol. The van der Waals surface area contributed by atoms with Crippen LogP contribution in [0.25, 0.3) is 10.2 Å². The van der Waals surface area contributed by atoms with Crippen LogP contribution in [0.2, 0.25) is 0 Å². The summed E-state index contributed by atoms with van der Waals surface area (Å²) in [6, 6.07) is 20.0. The lowest BCUT2D eigenvalue weighted by Crippen LogP contribution is -2.26. The first-order valence-electron chi connectivity index (χ1n) is 10.2. The minimum Gasteiger partial charge on any atom is -0.298 e. The van der Waals surface area contributed by atoms with Crippen LogP contribution >= 0.6 is 11.3 Å². The number of benzene rings is 3. The summed E-state index contributed by atoms with van der Waals surface area (Å²) < 4.78 is 27.1. The van der Waals surface area contributed by atoms with Gasteiger partial charge in [0.25, 0.3) is 5.91 Å². The molecular weight excluding hydrogens is 458 g/mol. The van der Waals surface area contributed by atoms with E-state index in [-0.39, 0.29) is 16.2 Å². The first kappa shape index (κ1) is 22.8. The Balaban J connectivity index is 1.62. The van der Waals surface area contributed by atoms with E-state index in [2.05, 4.69) is 10.3 Å². The van der Waals surface area contributed by atoms with Crippen molar-refractivity contribution >= 4 is 48.4 Å². The van der Waals surface area contributed by atoms with Gasteiger partial charge in [-0.25, -0.2) is 17.7 Å². The van der Waals surface area contributed by atoms with Gasteiger partial charge >= 0.3 is 0 Å². The van der Waals surface area contributed by atoms with E-state index in [0.717, 1.165) is 0 Å². The van der Waals surface area contributed by atoms with Crippen molar-refractivity contribution in [2.24, 2.45) is 0 Å². The van der Waals surface area contributed by atoms with Crippen molar-refractivity contribution in [1.82, 2.24) is 9.29 Å². The number of rotatable bonds is 7. The second-order valence-corrected chi connectivity index (χ2v) is 10.3. The Morgan fingerprint density at radius 2 is 1.64 bits per heavy atom. The van der Waals surface area contributed by atoms with Gasteiger partial charge in [-0.1, -0.05) is 66.8 Å². The molecule has 0 unspecified atom stereocenters. The smallest absolute Gasteiger partial charge is 0.258 e. The summed E-state index contributed by atoms with van der Waals surface area (Å²) in [5, 5.41) is 3.06. The van der Waals surface area contributed by atoms with Crippen molar-refractivity contribution in [2.45, 2.75) is 11.8 Å². The average Bonchev–Trinajstić information content (AvgIpc) is 3.25. The van der Waals surface area contributed by atoms with Gasteiger partial charge in [-0.05, 0) is 24.3 Å². The van der Waals surface area contributed by atoms with E-state index in [1.165, 1.54) is 28.8 Å². The molecule has 0 fully saturated rings. The third kappa shape index (κ3) is 4.56. The Morgan fingerprint density at radius 3 is 2.33 bits per heavy atom. The number of nitrogens with zero attached hydrogens (tertiary/aromatic N) is 2. The molecule has 7 nitrogen and oxygen atoms in total. The zero-order valence-electron chi connectivity index (χ0n) is 18.0. The lowest BCUT2D eigenvalue weighted by molar-refractivity contribution is 0.0996. The molecule has 0 bridgehead atoms.